The smallest absolute Gasteiger partial charge is 0.313 e. The molecule has 2 N–H and O–H groups in total. The van der Waals surface area contributed by atoms with Crippen LogP contribution in [0.15, 0.2) is 11.3 Å². The molecule has 0 radical (unpaired) electrons. The minimum atomic E-state index is -0.643. The van der Waals surface area contributed by atoms with Crippen LogP contribution in [0, 0.1) is 5.41 Å². The third kappa shape index (κ3) is 3.25. The van der Waals surface area contributed by atoms with Crippen LogP contribution in [0.4, 0.5) is 0 Å². The molecule has 0 bridgehead atoms. The van der Waals surface area contributed by atoms with E-state index >= 15 is 0 Å². The maximum absolute atomic E-state index is 12.1. The molecule has 2 aliphatic heterocycles. The first-order valence-corrected chi connectivity index (χ1v) is 8.62. The molecule has 0 saturated carbocycles. The van der Waals surface area contributed by atoms with Gasteiger partial charge in [-0.15, -0.1) is 0 Å². The summed E-state index contributed by atoms with van der Waals surface area (Å²) in [5.74, 6) is -0.618. The van der Waals surface area contributed by atoms with Gasteiger partial charge in [0.05, 0.1) is 5.41 Å². The molecule has 2 rings (SSSR count). The number of hydrogen-bond donors (Lipinski definition) is 2. The maximum atomic E-state index is 12.1. The summed E-state index contributed by atoms with van der Waals surface area (Å²) in [6.45, 7) is 6.21. The lowest BCUT2D eigenvalue weighted by Gasteiger charge is -2.40. The Morgan fingerprint density at radius 1 is 1.29 bits per heavy atom. The lowest BCUT2D eigenvalue weighted by atomic mass is 9.70. The number of unbranched alkanes of at least 4 members (excludes halogenated alkanes) is 1. The van der Waals surface area contributed by atoms with Crippen molar-refractivity contribution in [2.75, 3.05) is 13.1 Å². The summed E-state index contributed by atoms with van der Waals surface area (Å²) in [5, 5.41) is 12.2. The van der Waals surface area contributed by atoms with E-state index in [0.29, 0.717) is 6.42 Å². The predicted molar refractivity (Wildman–Crippen MR) is 84.7 cm³/mol. The average Bonchev–Trinajstić information content (AvgIpc) is 2.73. The molecule has 120 valence electrons. The van der Waals surface area contributed by atoms with Crippen LogP contribution in [0.5, 0.6) is 0 Å². The van der Waals surface area contributed by atoms with Gasteiger partial charge in [0.1, 0.15) is 0 Å². The second-order valence-corrected chi connectivity index (χ2v) is 6.39. The lowest BCUT2D eigenvalue weighted by Crippen LogP contribution is -2.44. The van der Waals surface area contributed by atoms with Gasteiger partial charge >= 0.3 is 5.97 Å². The molecular weight excluding hydrogens is 264 g/mol. The van der Waals surface area contributed by atoms with Gasteiger partial charge in [0, 0.05) is 18.8 Å². The second-order valence-electron chi connectivity index (χ2n) is 6.39. The maximum Gasteiger partial charge on any atom is 0.313 e. The molecule has 0 amide bonds. The second kappa shape index (κ2) is 7.30. The molecule has 1 saturated heterocycles. The first-order valence-electron chi connectivity index (χ1n) is 8.62. The molecule has 1 fully saturated rings. The van der Waals surface area contributed by atoms with Crippen LogP contribution in [-0.2, 0) is 4.79 Å². The van der Waals surface area contributed by atoms with Gasteiger partial charge in [-0.3, -0.25) is 4.79 Å². The Labute approximate surface area is 128 Å². The van der Waals surface area contributed by atoms with Gasteiger partial charge in [-0.25, -0.2) is 5.43 Å². The minimum absolute atomic E-state index is 0.618. The Morgan fingerprint density at radius 3 is 2.76 bits per heavy atom. The summed E-state index contributed by atoms with van der Waals surface area (Å²) >= 11 is 0. The highest BCUT2D eigenvalue weighted by atomic mass is 16.4. The minimum Gasteiger partial charge on any atom is -0.481 e. The van der Waals surface area contributed by atoms with Gasteiger partial charge in [0.25, 0.3) is 0 Å². The largest absolute Gasteiger partial charge is 0.481 e. The molecule has 0 aromatic heterocycles. The third-order valence-corrected chi connectivity index (χ3v) is 5.17. The van der Waals surface area contributed by atoms with Gasteiger partial charge in [-0.1, -0.05) is 26.7 Å². The summed E-state index contributed by atoms with van der Waals surface area (Å²) < 4.78 is 0. The highest BCUT2D eigenvalue weighted by Gasteiger charge is 2.43. The molecule has 0 aliphatic carbocycles. The number of allylic oxidation sites excluding steroid dienone is 1. The van der Waals surface area contributed by atoms with E-state index in [1.807, 2.05) is 6.92 Å². The van der Waals surface area contributed by atoms with Crippen LogP contribution in [-0.4, -0.2) is 29.2 Å². The van der Waals surface area contributed by atoms with Crippen molar-refractivity contribution in [3.05, 3.63) is 11.3 Å². The number of hydrogen-bond acceptors (Lipinski definition) is 3. The molecule has 21 heavy (non-hydrogen) atoms. The van der Waals surface area contributed by atoms with E-state index in [4.69, 9.17) is 0 Å². The summed E-state index contributed by atoms with van der Waals surface area (Å²) in [7, 11) is 0. The van der Waals surface area contributed by atoms with Gasteiger partial charge in [-0.2, -0.15) is 0 Å². The quantitative estimate of drug-likeness (QED) is 0.784. The van der Waals surface area contributed by atoms with E-state index in [1.54, 1.807) is 0 Å². The van der Waals surface area contributed by atoms with Gasteiger partial charge in [-0.05, 0) is 50.5 Å². The zero-order valence-corrected chi connectivity index (χ0v) is 13.6. The van der Waals surface area contributed by atoms with Crippen LogP contribution in [0.1, 0.15) is 71.6 Å². The first kappa shape index (κ1) is 16.3. The zero-order valence-electron chi connectivity index (χ0n) is 13.6. The van der Waals surface area contributed by atoms with Crippen molar-refractivity contribution in [1.29, 1.82) is 0 Å². The highest BCUT2D eigenvalue weighted by Crippen LogP contribution is 2.44. The average molecular weight is 294 g/mol. The molecule has 4 heteroatoms. The molecule has 0 aromatic carbocycles. The first-order chi connectivity index (χ1) is 10.2. The Kier molecular flexibility index (Phi) is 5.68. The fraction of sp³-hybridized carbons (Fsp3) is 0.824. The van der Waals surface area contributed by atoms with Gasteiger partial charge < -0.3 is 10.1 Å². The van der Waals surface area contributed by atoms with Crippen molar-refractivity contribution in [3.63, 3.8) is 0 Å². The van der Waals surface area contributed by atoms with Crippen molar-refractivity contribution in [1.82, 2.24) is 10.4 Å². The van der Waals surface area contributed by atoms with E-state index in [9.17, 15) is 9.90 Å². The number of carboxylic acids is 1. The van der Waals surface area contributed by atoms with Crippen molar-refractivity contribution in [2.24, 2.45) is 5.41 Å². The van der Waals surface area contributed by atoms with Crippen LogP contribution >= 0.6 is 0 Å². The van der Waals surface area contributed by atoms with Crippen molar-refractivity contribution in [3.8, 4) is 0 Å². The van der Waals surface area contributed by atoms with Crippen molar-refractivity contribution in [2.45, 2.75) is 71.6 Å². The summed E-state index contributed by atoms with van der Waals surface area (Å²) in [5.41, 5.74) is 5.35. The lowest BCUT2D eigenvalue weighted by molar-refractivity contribution is -0.147. The number of carbonyl (C=O) groups is 1. The normalized spacial score (nSPS) is 22.5. The summed E-state index contributed by atoms with van der Waals surface area (Å²) in [6.07, 6.45) is 8.92. The fourth-order valence-electron chi connectivity index (χ4n) is 3.87. The van der Waals surface area contributed by atoms with E-state index in [-0.39, 0.29) is 0 Å². The van der Waals surface area contributed by atoms with E-state index in [0.717, 1.165) is 58.0 Å². The molecule has 0 aromatic rings. The molecular formula is C17H30N2O2. The Hall–Kier alpha value is -1.03. The molecule has 1 atom stereocenters. The summed E-state index contributed by atoms with van der Waals surface area (Å²) in [6, 6.07) is 0. The standard InChI is InChI=1S/C17H30N2O2/c1-3-5-11-17(4-2,16(20)21)14-9-8-13-19-15(14)10-6-7-12-18-19/h18H,3-13H2,1-2H3,(H,20,21). The Balaban J connectivity index is 2.42. The summed E-state index contributed by atoms with van der Waals surface area (Å²) in [4.78, 5) is 12.1. The van der Waals surface area contributed by atoms with Crippen LogP contribution in [0.3, 0.4) is 0 Å². The van der Waals surface area contributed by atoms with Crippen LogP contribution < -0.4 is 5.43 Å². The fourth-order valence-corrected chi connectivity index (χ4v) is 3.87. The number of nitrogens with zero attached hydrogens (tertiary/aromatic N) is 1. The predicted octanol–water partition coefficient (Wildman–Crippen LogP) is 3.70. The van der Waals surface area contributed by atoms with Crippen molar-refractivity contribution < 1.29 is 9.90 Å². The Bertz CT molecular complexity index is 406. The number of aliphatic carboxylic acids is 1. The highest BCUT2D eigenvalue weighted by molar-refractivity contribution is 5.79. The topological polar surface area (TPSA) is 52.6 Å². The van der Waals surface area contributed by atoms with Crippen LogP contribution in [0.2, 0.25) is 0 Å². The number of carboxylic acid groups (broad SMARTS) is 1. The van der Waals surface area contributed by atoms with Gasteiger partial charge in [0.15, 0.2) is 0 Å². The SMILES string of the molecule is CCCCC(CC)(C(=O)O)C1=C2CCCCNN2CCC1. The van der Waals surface area contributed by atoms with E-state index in [1.165, 1.54) is 17.7 Å². The molecule has 4 nitrogen and oxygen atoms in total. The Morgan fingerprint density at radius 2 is 2.10 bits per heavy atom. The zero-order chi connectivity index (χ0) is 15.3. The molecule has 0 spiro atoms. The number of rotatable bonds is 6. The van der Waals surface area contributed by atoms with E-state index < -0.39 is 11.4 Å². The van der Waals surface area contributed by atoms with E-state index in [2.05, 4.69) is 17.4 Å². The van der Waals surface area contributed by atoms with Crippen LogP contribution in [0.25, 0.3) is 0 Å². The number of nitrogens with one attached hydrogen (secondary N) is 1. The molecule has 1 unspecified atom stereocenters. The monoisotopic (exact) mass is 294 g/mol. The van der Waals surface area contributed by atoms with Crippen molar-refractivity contribution >= 4 is 5.97 Å². The number of fused-ring (bicyclic) bond motifs is 1. The number of hydrazine groups is 1. The van der Waals surface area contributed by atoms with Gasteiger partial charge in [0.2, 0.25) is 0 Å². The third-order valence-electron chi connectivity index (χ3n) is 5.17. The molecule has 2 aliphatic rings. The molecule has 2 heterocycles.